The van der Waals surface area contributed by atoms with Crippen LogP contribution in [0.3, 0.4) is 0 Å². The van der Waals surface area contributed by atoms with Gasteiger partial charge in [0.1, 0.15) is 0 Å². The molecule has 0 bridgehead atoms. The van der Waals surface area contributed by atoms with Gasteiger partial charge in [0.05, 0.1) is 5.69 Å². The molecule has 0 saturated heterocycles. The Labute approximate surface area is 74.3 Å². The van der Waals surface area contributed by atoms with Gasteiger partial charge in [0.15, 0.2) is 0 Å². The van der Waals surface area contributed by atoms with E-state index in [9.17, 15) is 10.4 Å². The second kappa shape index (κ2) is 4.17. The molecule has 0 aliphatic carbocycles. The summed E-state index contributed by atoms with van der Waals surface area (Å²) in [6.45, 7) is -0.248. The highest BCUT2D eigenvalue weighted by Crippen LogP contribution is 2.14. The average Bonchev–Trinajstić information content (AvgIpc) is 2.03. The molecule has 0 aliphatic heterocycles. The summed E-state index contributed by atoms with van der Waals surface area (Å²) in [5, 5.41) is 36.9. The summed E-state index contributed by atoms with van der Waals surface area (Å²) < 4.78 is 0. The van der Waals surface area contributed by atoms with Gasteiger partial charge in [-0.15, -0.1) is 0 Å². The standard InChI is InChI=1S/C7H8N2O4/c10-8(11)5-6-2-1-3-7(4-6)9(12)13/h1-4,10,12H,5H2/q-2. The van der Waals surface area contributed by atoms with Crippen molar-refractivity contribution in [1.82, 2.24) is 5.23 Å². The minimum Gasteiger partial charge on any atom is -0.762 e. The molecule has 1 aromatic rings. The first-order chi connectivity index (χ1) is 6.09. The van der Waals surface area contributed by atoms with Crippen LogP contribution < -0.4 is 5.23 Å². The smallest absolute Gasteiger partial charge is 0.0511 e. The number of hydrogen-bond donors (Lipinski definition) is 2. The number of hydroxylamine groups is 2. The fourth-order valence-corrected chi connectivity index (χ4v) is 0.930. The van der Waals surface area contributed by atoms with E-state index < -0.39 is 0 Å². The topological polar surface area (TPSA) is 93.1 Å². The maximum absolute atomic E-state index is 10.4. The predicted molar refractivity (Wildman–Crippen MR) is 44.8 cm³/mol. The van der Waals surface area contributed by atoms with Gasteiger partial charge < -0.3 is 20.8 Å². The molecule has 0 spiro atoms. The molecule has 0 heterocycles. The molecular formula is C7H8N2O4-2. The number of benzene rings is 1. The molecule has 0 aromatic heterocycles. The third-order valence-corrected chi connectivity index (χ3v) is 1.45. The highest BCUT2D eigenvalue weighted by atomic mass is 16.8. The lowest BCUT2D eigenvalue weighted by atomic mass is 10.2. The van der Waals surface area contributed by atoms with Crippen LogP contribution in [0.2, 0.25) is 0 Å². The molecule has 6 nitrogen and oxygen atoms in total. The van der Waals surface area contributed by atoms with Gasteiger partial charge in [0.25, 0.3) is 0 Å². The summed E-state index contributed by atoms with van der Waals surface area (Å²) in [6.07, 6.45) is 0. The Kier molecular flexibility index (Phi) is 3.18. The molecule has 0 saturated carbocycles. The van der Waals surface area contributed by atoms with Gasteiger partial charge in [0, 0.05) is 6.54 Å². The monoisotopic (exact) mass is 184 g/mol. The fraction of sp³-hybridized carbons (Fsp3) is 0.143. The van der Waals surface area contributed by atoms with E-state index >= 15 is 0 Å². The number of nitrogens with zero attached hydrogens (tertiary/aromatic N) is 2. The predicted octanol–water partition coefficient (Wildman–Crippen LogP) is 1.07. The summed E-state index contributed by atoms with van der Waals surface area (Å²) in [5.41, 5.74) is 0.448. The molecule has 0 unspecified atom stereocenters. The molecule has 1 rings (SSSR count). The molecule has 72 valence electrons. The van der Waals surface area contributed by atoms with E-state index in [0.717, 1.165) is 0 Å². The van der Waals surface area contributed by atoms with Crippen molar-refractivity contribution in [2.45, 2.75) is 6.54 Å². The molecule has 2 N–H and O–H groups in total. The third kappa shape index (κ3) is 2.98. The zero-order valence-corrected chi connectivity index (χ0v) is 6.62. The zero-order valence-electron chi connectivity index (χ0n) is 6.62. The molecule has 13 heavy (non-hydrogen) atoms. The van der Waals surface area contributed by atoms with E-state index in [1.54, 1.807) is 6.07 Å². The van der Waals surface area contributed by atoms with Crippen molar-refractivity contribution in [1.29, 1.82) is 0 Å². The van der Waals surface area contributed by atoms with Crippen LogP contribution in [0, 0.1) is 10.4 Å². The van der Waals surface area contributed by atoms with Crippen LogP contribution in [0.25, 0.3) is 0 Å². The summed E-state index contributed by atoms with van der Waals surface area (Å²) in [4.78, 5) is 0. The van der Waals surface area contributed by atoms with Crippen LogP contribution >= 0.6 is 0 Å². The number of hydrogen-bond acceptors (Lipinski definition) is 6. The molecule has 0 fully saturated rings. The number of anilines is 1. The second-order valence-corrected chi connectivity index (χ2v) is 2.45. The average molecular weight is 184 g/mol. The van der Waals surface area contributed by atoms with E-state index in [-0.39, 0.29) is 22.7 Å². The third-order valence-electron chi connectivity index (χ3n) is 1.45. The minimum atomic E-state index is -0.310. The highest BCUT2D eigenvalue weighted by Gasteiger charge is 1.96. The van der Waals surface area contributed by atoms with Gasteiger partial charge in [-0.05, 0) is 17.7 Å². The van der Waals surface area contributed by atoms with Crippen molar-refractivity contribution >= 4 is 5.69 Å². The van der Waals surface area contributed by atoms with Gasteiger partial charge in [-0.2, -0.15) is 0 Å². The van der Waals surface area contributed by atoms with Crippen molar-refractivity contribution in [3.05, 3.63) is 40.2 Å². The van der Waals surface area contributed by atoms with Gasteiger partial charge in [-0.1, -0.05) is 12.1 Å². The van der Waals surface area contributed by atoms with Crippen LogP contribution in [0.15, 0.2) is 24.3 Å². The largest absolute Gasteiger partial charge is 0.762 e. The maximum Gasteiger partial charge on any atom is 0.0511 e. The Bertz CT molecular complexity index is 277. The molecule has 0 aliphatic rings. The van der Waals surface area contributed by atoms with E-state index in [2.05, 4.69) is 0 Å². The number of rotatable bonds is 3. The zero-order chi connectivity index (χ0) is 9.84. The van der Waals surface area contributed by atoms with Crippen LogP contribution in [0.5, 0.6) is 0 Å². The van der Waals surface area contributed by atoms with Crippen LogP contribution in [-0.2, 0) is 6.54 Å². The maximum atomic E-state index is 10.4. The van der Waals surface area contributed by atoms with Crippen LogP contribution in [0.1, 0.15) is 5.56 Å². The summed E-state index contributed by atoms with van der Waals surface area (Å²) >= 11 is 0. The van der Waals surface area contributed by atoms with E-state index in [1.165, 1.54) is 18.2 Å². The first kappa shape index (κ1) is 9.90. The van der Waals surface area contributed by atoms with Crippen molar-refractivity contribution in [3.63, 3.8) is 0 Å². The SMILES string of the molecule is [O-]N(O)Cc1cccc(N([O-])O)c1. The second-order valence-electron chi connectivity index (χ2n) is 2.45. The van der Waals surface area contributed by atoms with Crippen molar-refractivity contribution < 1.29 is 10.4 Å². The van der Waals surface area contributed by atoms with Gasteiger partial charge in [-0.3, -0.25) is 10.4 Å². The van der Waals surface area contributed by atoms with Crippen LogP contribution in [-0.4, -0.2) is 15.6 Å². The Morgan fingerprint density at radius 3 is 2.46 bits per heavy atom. The summed E-state index contributed by atoms with van der Waals surface area (Å²) in [5.74, 6) is 0. The lowest BCUT2D eigenvalue weighted by molar-refractivity contribution is -0.0487. The Hall–Kier alpha value is -1.18. The Morgan fingerprint density at radius 1 is 1.23 bits per heavy atom. The van der Waals surface area contributed by atoms with Crippen molar-refractivity contribution in [2.75, 3.05) is 5.23 Å². The molecule has 0 atom stereocenters. The quantitative estimate of drug-likeness (QED) is 0.682. The Morgan fingerprint density at radius 2 is 1.92 bits per heavy atom. The first-order valence-corrected chi connectivity index (χ1v) is 3.48. The molecule has 0 amide bonds. The summed E-state index contributed by atoms with van der Waals surface area (Å²) in [7, 11) is 0. The highest BCUT2D eigenvalue weighted by molar-refractivity contribution is 5.46. The molecule has 6 heteroatoms. The molecule has 0 radical (unpaired) electrons. The van der Waals surface area contributed by atoms with Crippen molar-refractivity contribution in [3.8, 4) is 0 Å². The Balaban J connectivity index is 2.79. The van der Waals surface area contributed by atoms with Gasteiger partial charge in [0.2, 0.25) is 0 Å². The first-order valence-electron chi connectivity index (χ1n) is 3.48. The molecular weight excluding hydrogens is 176 g/mol. The lowest BCUT2D eigenvalue weighted by Gasteiger charge is -2.23. The van der Waals surface area contributed by atoms with Crippen LogP contribution in [0.4, 0.5) is 5.69 Å². The van der Waals surface area contributed by atoms with Gasteiger partial charge in [-0.25, -0.2) is 0 Å². The minimum absolute atomic E-state index is 0.0133. The lowest BCUT2D eigenvalue weighted by Crippen LogP contribution is -2.11. The summed E-state index contributed by atoms with van der Waals surface area (Å²) in [6, 6.07) is 5.72. The van der Waals surface area contributed by atoms with Crippen molar-refractivity contribution in [2.24, 2.45) is 0 Å². The van der Waals surface area contributed by atoms with E-state index in [4.69, 9.17) is 10.4 Å². The van der Waals surface area contributed by atoms with E-state index in [1.807, 2.05) is 0 Å². The van der Waals surface area contributed by atoms with E-state index in [0.29, 0.717) is 5.56 Å². The molecule has 1 aromatic carbocycles. The normalized spacial score (nSPS) is 10.5. The van der Waals surface area contributed by atoms with Gasteiger partial charge >= 0.3 is 0 Å². The fourth-order valence-electron chi connectivity index (χ4n) is 0.930.